The molecule has 0 saturated heterocycles. The normalized spacial score (nSPS) is 10.6. The summed E-state index contributed by atoms with van der Waals surface area (Å²) < 4.78 is 0. The molecule has 148 valence electrons. The van der Waals surface area contributed by atoms with Crippen molar-refractivity contribution in [1.29, 1.82) is 0 Å². The van der Waals surface area contributed by atoms with E-state index < -0.39 is 0 Å². The molecule has 0 bridgehead atoms. The van der Waals surface area contributed by atoms with Gasteiger partial charge in [0.15, 0.2) is 11.6 Å². The number of aromatic nitrogens is 3. The fourth-order valence-electron chi connectivity index (χ4n) is 2.82. The third-order valence-corrected chi connectivity index (χ3v) is 4.66. The summed E-state index contributed by atoms with van der Waals surface area (Å²) in [6.07, 6.45) is 6.36. The molecule has 0 fully saturated rings. The van der Waals surface area contributed by atoms with Crippen LogP contribution in [0, 0.1) is 0 Å². The Labute approximate surface area is 169 Å². The highest BCUT2D eigenvalue weighted by Gasteiger charge is 2.11. The first-order valence-corrected chi connectivity index (χ1v) is 9.40. The van der Waals surface area contributed by atoms with Gasteiger partial charge in [0.25, 0.3) is 0 Å². The molecule has 3 rings (SSSR count). The Balaban J connectivity index is 1.64. The highest BCUT2D eigenvalue weighted by atomic mass is 16.2. The largest absolute Gasteiger partial charge is 0.384 e. The number of anilines is 2. The molecule has 0 atom stereocenters. The minimum Gasteiger partial charge on any atom is -0.384 e. The Morgan fingerprint density at radius 1 is 0.966 bits per heavy atom. The molecule has 7 heteroatoms. The first-order chi connectivity index (χ1) is 14.0. The number of nitrogens with two attached hydrogens (primary N) is 1. The summed E-state index contributed by atoms with van der Waals surface area (Å²) in [6.45, 7) is 1.81. The number of nitrogen functional groups attached to an aromatic ring is 1. The van der Waals surface area contributed by atoms with E-state index in [9.17, 15) is 9.59 Å². The van der Waals surface area contributed by atoms with Crippen molar-refractivity contribution in [2.45, 2.75) is 26.2 Å². The molecular formula is C22H23N5O2. The van der Waals surface area contributed by atoms with Gasteiger partial charge in [-0.25, -0.2) is 15.0 Å². The van der Waals surface area contributed by atoms with Crippen molar-refractivity contribution in [2.24, 2.45) is 0 Å². The van der Waals surface area contributed by atoms with Crippen LogP contribution in [0.4, 0.5) is 11.5 Å². The standard InChI is InChI=1S/C22H23N5O2/c1-3-21(29)27(2)18-13-25-22(26-14-18)17-8-6-16(7-9-17)19(28)10-4-15-5-11-20(23)24-12-15/h5-9,11-14H,3-4,10H2,1-2H3,(H2,23,24). The molecule has 7 nitrogen and oxygen atoms in total. The summed E-state index contributed by atoms with van der Waals surface area (Å²) in [4.78, 5) is 38.4. The highest BCUT2D eigenvalue weighted by molar-refractivity contribution is 5.96. The number of benzene rings is 1. The van der Waals surface area contributed by atoms with Crippen LogP contribution in [0.25, 0.3) is 11.4 Å². The van der Waals surface area contributed by atoms with E-state index in [4.69, 9.17) is 5.73 Å². The summed E-state index contributed by atoms with van der Waals surface area (Å²) >= 11 is 0. The zero-order chi connectivity index (χ0) is 20.8. The maximum atomic E-state index is 12.4. The van der Waals surface area contributed by atoms with E-state index in [2.05, 4.69) is 15.0 Å². The molecule has 0 radical (unpaired) electrons. The molecule has 1 amide bonds. The summed E-state index contributed by atoms with van der Waals surface area (Å²) in [6, 6.07) is 10.8. The van der Waals surface area contributed by atoms with Crippen molar-refractivity contribution in [2.75, 3.05) is 17.7 Å². The Morgan fingerprint density at radius 2 is 1.66 bits per heavy atom. The smallest absolute Gasteiger partial charge is 0.226 e. The fraction of sp³-hybridized carbons (Fsp3) is 0.227. The van der Waals surface area contributed by atoms with E-state index in [1.165, 1.54) is 4.90 Å². The lowest BCUT2D eigenvalue weighted by Gasteiger charge is -2.15. The lowest BCUT2D eigenvalue weighted by molar-refractivity contribution is -0.118. The van der Waals surface area contributed by atoms with Crippen LogP contribution < -0.4 is 10.6 Å². The number of rotatable bonds is 7. The van der Waals surface area contributed by atoms with Crippen LogP contribution in [0.3, 0.4) is 0 Å². The van der Waals surface area contributed by atoms with Gasteiger partial charge in [-0.3, -0.25) is 9.59 Å². The van der Waals surface area contributed by atoms with Crippen molar-refractivity contribution < 1.29 is 9.59 Å². The topological polar surface area (TPSA) is 102 Å². The maximum Gasteiger partial charge on any atom is 0.226 e. The number of nitrogens with zero attached hydrogens (tertiary/aromatic N) is 4. The van der Waals surface area contributed by atoms with E-state index in [-0.39, 0.29) is 11.7 Å². The van der Waals surface area contributed by atoms with Crippen LogP contribution in [-0.2, 0) is 11.2 Å². The number of aryl methyl sites for hydroxylation is 1. The third kappa shape index (κ3) is 5.01. The van der Waals surface area contributed by atoms with E-state index in [0.29, 0.717) is 42.2 Å². The number of carbonyl (C=O) groups is 2. The average molecular weight is 389 g/mol. The molecule has 2 N–H and O–H groups in total. The molecule has 2 heterocycles. The second-order valence-corrected chi connectivity index (χ2v) is 6.66. The first-order valence-electron chi connectivity index (χ1n) is 9.40. The maximum absolute atomic E-state index is 12.4. The Kier molecular flexibility index (Phi) is 6.29. The molecule has 0 spiro atoms. The Hall–Kier alpha value is -3.61. The van der Waals surface area contributed by atoms with Gasteiger partial charge in [0.2, 0.25) is 5.91 Å². The fourth-order valence-corrected chi connectivity index (χ4v) is 2.82. The minimum absolute atomic E-state index is 0.000956. The highest BCUT2D eigenvalue weighted by Crippen LogP contribution is 2.19. The van der Waals surface area contributed by atoms with Crippen LogP contribution in [-0.4, -0.2) is 33.7 Å². The number of hydrogen-bond acceptors (Lipinski definition) is 6. The lowest BCUT2D eigenvalue weighted by Crippen LogP contribution is -2.25. The van der Waals surface area contributed by atoms with Gasteiger partial charge in [0.1, 0.15) is 5.82 Å². The summed E-state index contributed by atoms with van der Waals surface area (Å²) in [5.74, 6) is 1.07. The number of ketones is 1. The molecule has 0 saturated carbocycles. The summed E-state index contributed by atoms with van der Waals surface area (Å²) in [5.41, 5.74) is 8.64. The number of hydrogen-bond donors (Lipinski definition) is 1. The van der Waals surface area contributed by atoms with Crippen molar-refractivity contribution >= 4 is 23.2 Å². The van der Waals surface area contributed by atoms with Crippen LogP contribution in [0.2, 0.25) is 0 Å². The van der Waals surface area contributed by atoms with Gasteiger partial charge in [-0.1, -0.05) is 37.3 Å². The monoisotopic (exact) mass is 389 g/mol. The van der Waals surface area contributed by atoms with Gasteiger partial charge < -0.3 is 10.6 Å². The van der Waals surface area contributed by atoms with Crippen molar-refractivity contribution in [3.8, 4) is 11.4 Å². The van der Waals surface area contributed by atoms with Crippen molar-refractivity contribution in [3.63, 3.8) is 0 Å². The van der Waals surface area contributed by atoms with E-state index in [1.54, 1.807) is 43.8 Å². The molecular weight excluding hydrogens is 366 g/mol. The SMILES string of the molecule is CCC(=O)N(C)c1cnc(-c2ccc(C(=O)CCc3ccc(N)nc3)cc2)nc1. The zero-order valence-electron chi connectivity index (χ0n) is 16.5. The van der Waals surface area contributed by atoms with Gasteiger partial charge in [-0.2, -0.15) is 0 Å². The molecule has 0 aliphatic heterocycles. The van der Waals surface area contributed by atoms with Gasteiger partial charge in [-0.15, -0.1) is 0 Å². The molecule has 0 unspecified atom stereocenters. The number of Topliss-reactive ketones (excluding diaryl/α,β-unsaturated/α-hetero) is 1. The van der Waals surface area contributed by atoms with Crippen molar-refractivity contribution in [3.05, 3.63) is 66.1 Å². The zero-order valence-corrected chi connectivity index (χ0v) is 16.5. The number of pyridine rings is 1. The lowest BCUT2D eigenvalue weighted by atomic mass is 10.0. The van der Waals surface area contributed by atoms with Gasteiger partial charge in [-0.05, 0) is 18.1 Å². The van der Waals surface area contributed by atoms with Gasteiger partial charge >= 0.3 is 0 Å². The van der Waals surface area contributed by atoms with Crippen LogP contribution >= 0.6 is 0 Å². The van der Waals surface area contributed by atoms with Crippen LogP contribution in [0.15, 0.2) is 55.0 Å². The first kappa shape index (κ1) is 20.1. The molecule has 2 aromatic heterocycles. The van der Waals surface area contributed by atoms with Gasteiger partial charge in [0, 0.05) is 37.2 Å². The molecule has 0 aliphatic carbocycles. The molecule has 29 heavy (non-hydrogen) atoms. The quantitative estimate of drug-likeness (QED) is 0.622. The third-order valence-electron chi connectivity index (χ3n) is 4.66. The van der Waals surface area contributed by atoms with Crippen molar-refractivity contribution in [1.82, 2.24) is 15.0 Å². The van der Waals surface area contributed by atoms with Gasteiger partial charge in [0.05, 0.1) is 18.1 Å². The Bertz CT molecular complexity index is 983. The Morgan fingerprint density at radius 3 is 2.24 bits per heavy atom. The van der Waals surface area contributed by atoms with Crippen LogP contribution in [0.5, 0.6) is 0 Å². The van der Waals surface area contributed by atoms with Crippen LogP contribution in [0.1, 0.15) is 35.7 Å². The molecule has 1 aromatic carbocycles. The summed E-state index contributed by atoms with van der Waals surface area (Å²) in [7, 11) is 1.70. The predicted octanol–water partition coefficient (Wildman–Crippen LogP) is 3.31. The predicted molar refractivity (Wildman–Crippen MR) is 112 cm³/mol. The van der Waals surface area contributed by atoms with E-state index in [1.807, 2.05) is 25.1 Å². The van der Waals surface area contributed by atoms with E-state index in [0.717, 1.165) is 11.1 Å². The molecule has 3 aromatic rings. The second-order valence-electron chi connectivity index (χ2n) is 6.66. The summed E-state index contributed by atoms with van der Waals surface area (Å²) in [5, 5.41) is 0. The van der Waals surface area contributed by atoms with E-state index >= 15 is 0 Å². The second kappa shape index (κ2) is 9.05. The molecule has 0 aliphatic rings. The minimum atomic E-state index is -0.000956. The average Bonchev–Trinajstić information content (AvgIpc) is 2.77. The number of carbonyl (C=O) groups excluding carboxylic acids is 2. The number of amides is 1.